The zero-order chi connectivity index (χ0) is 27.3. The lowest BCUT2D eigenvalue weighted by Crippen LogP contribution is -2.55. The fraction of sp³-hybridized carbons (Fsp3) is 0.440. The van der Waals surface area contributed by atoms with Crippen molar-refractivity contribution in [1.29, 1.82) is 0 Å². The number of anilines is 1. The molecule has 0 aliphatic rings. The lowest BCUT2D eigenvalue weighted by atomic mass is 10.1. The molecular formula is C25H33Cl2N3O5S. The highest BCUT2D eigenvalue weighted by molar-refractivity contribution is 7.92. The minimum Gasteiger partial charge on any atom is -0.497 e. The number of hydrogen-bond acceptors (Lipinski definition) is 5. The van der Waals surface area contributed by atoms with E-state index in [1.54, 1.807) is 25.1 Å². The molecule has 0 spiro atoms. The monoisotopic (exact) mass is 557 g/mol. The van der Waals surface area contributed by atoms with Crippen LogP contribution in [0.25, 0.3) is 0 Å². The molecule has 0 fully saturated rings. The van der Waals surface area contributed by atoms with Gasteiger partial charge in [-0.05, 0) is 63.1 Å². The number of rotatable bonds is 10. The molecule has 0 saturated carbocycles. The molecule has 0 aliphatic heterocycles. The highest BCUT2D eigenvalue weighted by Crippen LogP contribution is 2.29. The first-order valence-electron chi connectivity index (χ1n) is 11.3. The molecule has 198 valence electrons. The SMILES string of the molecule is CC[C@H](C(=O)NC(C)(C)C)N(Cc1cccc(OC)c1)C(=O)CN(c1ccc(Cl)c(Cl)c1)S(C)(=O)=O. The van der Waals surface area contributed by atoms with Crippen molar-refractivity contribution in [2.24, 2.45) is 0 Å². The molecule has 11 heteroatoms. The van der Waals surface area contributed by atoms with Gasteiger partial charge in [-0.15, -0.1) is 0 Å². The molecule has 2 rings (SSSR count). The van der Waals surface area contributed by atoms with E-state index < -0.39 is 34.1 Å². The van der Waals surface area contributed by atoms with Crippen LogP contribution in [0.4, 0.5) is 5.69 Å². The van der Waals surface area contributed by atoms with Crippen LogP contribution in [0, 0.1) is 0 Å². The maximum absolute atomic E-state index is 13.7. The third-order valence-electron chi connectivity index (χ3n) is 5.24. The van der Waals surface area contributed by atoms with Gasteiger partial charge in [-0.1, -0.05) is 42.3 Å². The second-order valence-electron chi connectivity index (χ2n) is 9.40. The Kier molecular flexibility index (Phi) is 10.0. The van der Waals surface area contributed by atoms with E-state index in [1.807, 2.05) is 26.8 Å². The number of nitrogens with one attached hydrogen (secondary N) is 1. The highest BCUT2D eigenvalue weighted by Gasteiger charge is 2.33. The van der Waals surface area contributed by atoms with Crippen LogP contribution in [0.5, 0.6) is 5.75 Å². The molecule has 2 aromatic carbocycles. The molecule has 0 bridgehead atoms. The molecule has 2 aromatic rings. The van der Waals surface area contributed by atoms with Crippen molar-refractivity contribution >= 4 is 50.7 Å². The highest BCUT2D eigenvalue weighted by atomic mass is 35.5. The molecule has 0 radical (unpaired) electrons. The molecule has 0 aromatic heterocycles. The van der Waals surface area contributed by atoms with Gasteiger partial charge in [-0.25, -0.2) is 8.42 Å². The number of ether oxygens (including phenoxy) is 1. The van der Waals surface area contributed by atoms with Crippen molar-refractivity contribution < 1.29 is 22.7 Å². The fourth-order valence-corrected chi connectivity index (χ4v) is 4.73. The van der Waals surface area contributed by atoms with Gasteiger partial charge in [0.05, 0.1) is 29.1 Å². The summed E-state index contributed by atoms with van der Waals surface area (Å²) in [5.41, 5.74) is 0.396. The van der Waals surface area contributed by atoms with E-state index in [-0.39, 0.29) is 28.2 Å². The molecule has 0 saturated heterocycles. The molecule has 0 heterocycles. The van der Waals surface area contributed by atoms with E-state index in [4.69, 9.17) is 27.9 Å². The summed E-state index contributed by atoms with van der Waals surface area (Å²) in [6.07, 6.45) is 1.32. The van der Waals surface area contributed by atoms with E-state index in [9.17, 15) is 18.0 Å². The number of nitrogens with zero attached hydrogens (tertiary/aromatic N) is 2. The van der Waals surface area contributed by atoms with E-state index >= 15 is 0 Å². The Bertz CT molecular complexity index is 1200. The quantitative estimate of drug-likeness (QED) is 0.464. The Morgan fingerprint density at radius 1 is 1.08 bits per heavy atom. The molecule has 36 heavy (non-hydrogen) atoms. The number of amides is 2. The number of sulfonamides is 1. The molecule has 1 N–H and O–H groups in total. The number of methoxy groups -OCH3 is 1. The van der Waals surface area contributed by atoms with Gasteiger partial charge >= 0.3 is 0 Å². The average molecular weight is 559 g/mol. The number of carbonyl (C=O) groups is 2. The normalized spacial score (nSPS) is 12.6. The second-order valence-corrected chi connectivity index (χ2v) is 12.1. The third kappa shape index (κ3) is 8.28. The first-order valence-corrected chi connectivity index (χ1v) is 13.9. The number of halogens is 2. The van der Waals surface area contributed by atoms with Gasteiger partial charge in [0.2, 0.25) is 21.8 Å². The summed E-state index contributed by atoms with van der Waals surface area (Å²) in [6, 6.07) is 10.6. The summed E-state index contributed by atoms with van der Waals surface area (Å²) < 4.78 is 31.6. The van der Waals surface area contributed by atoms with Gasteiger partial charge in [0, 0.05) is 12.1 Å². The predicted octanol–water partition coefficient (Wildman–Crippen LogP) is 4.49. The Balaban J connectivity index is 2.49. The van der Waals surface area contributed by atoms with Crippen LogP contribution in [0.3, 0.4) is 0 Å². The summed E-state index contributed by atoms with van der Waals surface area (Å²) >= 11 is 12.1. The summed E-state index contributed by atoms with van der Waals surface area (Å²) in [6.45, 7) is 6.89. The number of hydrogen-bond donors (Lipinski definition) is 1. The number of carbonyl (C=O) groups excluding carboxylic acids is 2. The molecule has 2 amide bonds. The summed E-state index contributed by atoms with van der Waals surface area (Å²) in [5, 5.41) is 3.33. The van der Waals surface area contributed by atoms with Crippen LogP contribution in [0.15, 0.2) is 42.5 Å². The van der Waals surface area contributed by atoms with Gasteiger partial charge < -0.3 is 15.0 Å². The van der Waals surface area contributed by atoms with Crippen LogP contribution in [0.2, 0.25) is 10.0 Å². The summed E-state index contributed by atoms with van der Waals surface area (Å²) in [4.78, 5) is 28.3. The van der Waals surface area contributed by atoms with Gasteiger partial charge in [-0.3, -0.25) is 13.9 Å². The molecule has 1 atom stereocenters. The Morgan fingerprint density at radius 3 is 2.28 bits per heavy atom. The summed E-state index contributed by atoms with van der Waals surface area (Å²) in [7, 11) is -2.34. The maximum atomic E-state index is 13.7. The Labute approximate surface area is 223 Å². The van der Waals surface area contributed by atoms with Gasteiger partial charge in [0.1, 0.15) is 18.3 Å². The minimum atomic E-state index is -3.88. The van der Waals surface area contributed by atoms with Crippen molar-refractivity contribution in [2.75, 3.05) is 24.2 Å². The van der Waals surface area contributed by atoms with Crippen molar-refractivity contribution in [3.63, 3.8) is 0 Å². The van der Waals surface area contributed by atoms with Crippen LogP contribution in [0.1, 0.15) is 39.7 Å². The average Bonchev–Trinajstić information content (AvgIpc) is 2.77. The smallest absolute Gasteiger partial charge is 0.244 e. The van der Waals surface area contributed by atoms with E-state index in [1.165, 1.54) is 30.2 Å². The zero-order valence-electron chi connectivity index (χ0n) is 21.3. The second kappa shape index (κ2) is 12.2. The first-order chi connectivity index (χ1) is 16.7. The van der Waals surface area contributed by atoms with Crippen molar-refractivity contribution in [3.05, 3.63) is 58.1 Å². The first kappa shape index (κ1) is 29.7. The van der Waals surface area contributed by atoms with E-state index in [2.05, 4.69) is 5.32 Å². The van der Waals surface area contributed by atoms with Crippen molar-refractivity contribution in [3.8, 4) is 5.75 Å². The van der Waals surface area contributed by atoms with Gasteiger partial charge in [0.25, 0.3) is 0 Å². The van der Waals surface area contributed by atoms with E-state index in [0.717, 1.165) is 16.1 Å². The molecule has 8 nitrogen and oxygen atoms in total. The van der Waals surface area contributed by atoms with Crippen LogP contribution < -0.4 is 14.4 Å². The zero-order valence-corrected chi connectivity index (χ0v) is 23.7. The van der Waals surface area contributed by atoms with E-state index in [0.29, 0.717) is 12.2 Å². The topological polar surface area (TPSA) is 96.0 Å². The van der Waals surface area contributed by atoms with Crippen LogP contribution >= 0.6 is 23.2 Å². The van der Waals surface area contributed by atoms with Crippen molar-refractivity contribution in [2.45, 2.75) is 52.2 Å². The molecule has 0 unspecified atom stereocenters. The van der Waals surface area contributed by atoms with Crippen LogP contribution in [-0.4, -0.2) is 56.6 Å². The largest absolute Gasteiger partial charge is 0.497 e. The molecule has 0 aliphatic carbocycles. The lowest BCUT2D eigenvalue weighted by Gasteiger charge is -2.34. The number of benzene rings is 2. The Morgan fingerprint density at radius 2 is 1.75 bits per heavy atom. The van der Waals surface area contributed by atoms with Gasteiger partial charge in [0.15, 0.2) is 0 Å². The maximum Gasteiger partial charge on any atom is 0.244 e. The Hall–Kier alpha value is -2.49. The predicted molar refractivity (Wildman–Crippen MR) is 144 cm³/mol. The standard InChI is InChI=1S/C25H33Cl2N3O5S/c1-7-22(24(32)28-25(2,3)4)29(15-17-9-8-10-19(13-17)35-5)23(31)16-30(36(6,33)34)18-11-12-20(26)21(27)14-18/h8-14,22H,7,15-16H2,1-6H3,(H,28,32)/t22-/m1/s1. The minimum absolute atomic E-state index is 0.0745. The van der Waals surface area contributed by atoms with Crippen LogP contribution in [-0.2, 0) is 26.2 Å². The third-order valence-corrected chi connectivity index (χ3v) is 7.12. The lowest BCUT2D eigenvalue weighted by molar-refractivity contribution is -0.141. The summed E-state index contributed by atoms with van der Waals surface area (Å²) in [5.74, 6) is -0.285. The van der Waals surface area contributed by atoms with Crippen molar-refractivity contribution in [1.82, 2.24) is 10.2 Å². The fourth-order valence-electron chi connectivity index (χ4n) is 3.59. The van der Waals surface area contributed by atoms with Gasteiger partial charge in [-0.2, -0.15) is 0 Å². The molecular weight excluding hydrogens is 525 g/mol.